The molecular formula is C19H19ClO4. The van der Waals surface area contributed by atoms with Gasteiger partial charge >= 0.3 is 5.97 Å². The number of ether oxygens (including phenoxy) is 2. The molecule has 0 radical (unpaired) electrons. The van der Waals surface area contributed by atoms with Crippen LogP contribution < -0.4 is 9.47 Å². The van der Waals surface area contributed by atoms with Crippen LogP contribution in [0.5, 0.6) is 11.5 Å². The van der Waals surface area contributed by atoms with Crippen molar-refractivity contribution in [2.24, 2.45) is 5.92 Å². The van der Waals surface area contributed by atoms with E-state index in [1.165, 1.54) is 18.6 Å². The van der Waals surface area contributed by atoms with Crippen LogP contribution in [0.3, 0.4) is 0 Å². The highest BCUT2D eigenvalue weighted by Gasteiger charge is 2.31. The van der Waals surface area contributed by atoms with Crippen molar-refractivity contribution in [2.45, 2.75) is 25.4 Å². The normalized spacial score (nSPS) is 15.4. The third kappa shape index (κ3) is 3.49. The summed E-state index contributed by atoms with van der Waals surface area (Å²) in [6.45, 7) is 0. The van der Waals surface area contributed by atoms with E-state index in [0.29, 0.717) is 22.4 Å². The minimum Gasteiger partial charge on any atom is -0.493 e. The van der Waals surface area contributed by atoms with Crippen molar-refractivity contribution in [3.05, 3.63) is 58.6 Å². The minimum absolute atomic E-state index is 0.144. The van der Waals surface area contributed by atoms with Crippen molar-refractivity contribution >= 4 is 17.6 Å². The highest BCUT2D eigenvalue weighted by atomic mass is 35.5. The van der Waals surface area contributed by atoms with Crippen LogP contribution >= 0.6 is 11.6 Å². The Hall–Kier alpha value is -2.20. The van der Waals surface area contributed by atoms with Gasteiger partial charge in [-0.15, -0.1) is 0 Å². The fourth-order valence-corrected chi connectivity index (χ4v) is 3.00. The number of aromatic carboxylic acids is 1. The first kappa shape index (κ1) is 16.7. The van der Waals surface area contributed by atoms with Gasteiger partial charge in [-0.05, 0) is 48.7 Å². The number of methoxy groups -OCH3 is 1. The van der Waals surface area contributed by atoms with Gasteiger partial charge in [0, 0.05) is 10.9 Å². The molecule has 1 aliphatic rings. The number of carbonyl (C=O) groups is 1. The van der Waals surface area contributed by atoms with E-state index in [2.05, 4.69) is 0 Å². The summed E-state index contributed by atoms with van der Waals surface area (Å²) in [5, 5.41) is 9.89. The number of halogens is 1. The number of benzene rings is 2. The molecule has 0 heterocycles. The van der Waals surface area contributed by atoms with Gasteiger partial charge < -0.3 is 14.6 Å². The topological polar surface area (TPSA) is 55.8 Å². The van der Waals surface area contributed by atoms with E-state index >= 15 is 0 Å². The van der Waals surface area contributed by atoms with E-state index in [1.807, 2.05) is 24.3 Å². The summed E-state index contributed by atoms with van der Waals surface area (Å²) in [6.07, 6.45) is 3.22. The fraction of sp³-hybridized carbons (Fsp3) is 0.316. The Balaban J connectivity index is 1.93. The third-order valence-corrected chi connectivity index (χ3v) is 4.69. The SMILES string of the molecule is COc1ccc(C(=O)O)cc1OC(c1ccc(Cl)cc1)C1CCC1. The lowest BCUT2D eigenvalue weighted by atomic mass is 9.78. The van der Waals surface area contributed by atoms with Gasteiger partial charge in [0.2, 0.25) is 0 Å². The molecule has 126 valence electrons. The van der Waals surface area contributed by atoms with Crippen LogP contribution in [0.4, 0.5) is 0 Å². The van der Waals surface area contributed by atoms with Crippen LogP contribution in [-0.4, -0.2) is 18.2 Å². The molecule has 0 bridgehead atoms. The Morgan fingerprint density at radius 3 is 2.42 bits per heavy atom. The van der Waals surface area contributed by atoms with Gasteiger partial charge in [-0.3, -0.25) is 0 Å². The summed E-state index contributed by atoms with van der Waals surface area (Å²) in [5.41, 5.74) is 1.21. The summed E-state index contributed by atoms with van der Waals surface area (Å²) in [7, 11) is 1.54. The smallest absolute Gasteiger partial charge is 0.335 e. The third-order valence-electron chi connectivity index (χ3n) is 4.44. The standard InChI is InChI=1S/C19H19ClO4/c1-23-16-10-7-14(19(21)22)11-17(16)24-18(12-3-2-4-12)13-5-8-15(20)9-6-13/h5-12,18H,2-4H2,1H3,(H,21,22). The molecule has 5 heteroatoms. The number of carboxylic acids is 1. The summed E-state index contributed by atoms with van der Waals surface area (Å²) < 4.78 is 11.6. The molecule has 1 fully saturated rings. The quantitative estimate of drug-likeness (QED) is 0.802. The largest absolute Gasteiger partial charge is 0.493 e. The number of hydrogen-bond acceptors (Lipinski definition) is 3. The van der Waals surface area contributed by atoms with E-state index in [0.717, 1.165) is 18.4 Å². The van der Waals surface area contributed by atoms with Crippen LogP contribution in [-0.2, 0) is 0 Å². The van der Waals surface area contributed by atoms with Crippen molar-refractivity contribution in [3.63, 3.8) is 0 Å². The van der Waals surface area contributed by atoms with Crippen LogP contribution in [0.15, 0.2) is 42.5 Å². The Morgan fingerprint density at radius 1 is 1.17 bits per heavy atom. The average molecular weight is 347 g/mol. The first-order valence-corrected chi connectivity index (χ1v) is 8.29. The molecule has 3 rings (SSSR count). The van der Waals surface area contributed by atoms with Gasteiger partial charge in [0.1, 0.15) is 6.10 Å². The lowest BCUT2D eigenvalue weighted by molar-refractivity contribution is 0.0690. The minimum atomic E-state index is -0.991. The number of hydrogen-bond donors (Lipinski definition) is 1. The van der Waals surface area contributed by atoms with Crippen LogP contribution in [0.1, 0.15) is 41.3 Å². The molecule has 0 saturated heterocycles. The Kier molecular flexibility index (Phi) is 4.95. The Morgan fingerprint density at radius 2 is 1.88 bits per heavy atom. The second-order valence-corrected chi connectivity index (χ2v) is 6.39. The van der Waals surface area contributed by atoms with Gasteiger partial charge in [0.25, 0.3) is 0 Å². The Bertz CT molecular complexity index is 723. The average Bonchev–Trinajstić information content (AvgIpc) is 2.53. The van der Waals surface area contributed by atoms with Crippen LogP contribution in [0, 0.1) is 5.92 Å². The first-order chi connectivity index (χ1) is 11.6. The molecule has 2 aromatic rings. The lowest BCUT2D eigenvalue weighted by Crippen LogP contribution is -2.25. The van der Waals surface area contributed by atoms with Crippen molar-refractivity contribution < 1.29 is 19.4 Å². The van der Waals surface area contributed by atoms with Gasteiger partial charge in [-0.1, -0.05) is 30.2 Å². The van der Waals surface area contributed by atoms with Crippen LogP contribution in [0.2, 0.25) is 5.02 Å². The molecule has 4 nitrogen and oxygen atoms in total. The molecule has 0 aromatic heterocycles. The molecule has 1 atom stereocenters. The molecule has 24 heavy (non-hydrogen) atoms. The van der Waals surface area contributed by atoms with Crippen LogP contribution in [0.25, 0.3) is 0 Å². The molecule has 1 saturated carbocycles. The summed E-state index contributed by atoms with van der Waals surface area (Å²) in [6, 6.07) is 12.3. The molecule has 0 aliphatic heterocycles. The van der Waals surface area contributed by atoms with Crippen molar-refractivity contribution in [1.29, 1.82) is 0 Å². The fourth-order valence-electron chi connectivity index (χ4n) is 2.87. The van der Waals surface area contributed by atoms with Gasteiger partial charge in [0.15, 0.2) is 11.5 Å². The van der Waals surface area contributed by atoms with Gasteiger partial charge in [-0.25, -0.2) is 4.79 Å². The monoisotopic (exact) mass is 346 g/mol. The lowest BCUT2D eigenvalue weighted by Gasteiger charge is -2.34. The highest BCUT2D eigenvalue weighted by Crippen LogP contribution is 2.42. The predicted molar refractivity (Wildman–Crippen MR) is 92.1 cm³/mol. The van der Waals surface area contributed by atoms with Crippen molar-refractivity contribution in [2.75, 3.05) is 7.11 Å². The second-order valence-electron chi connectivity index (χ2n) is 5.95. The summed E-state index contributed by atoms with van der Waals surface area (Å²) in [5.74, 6) is 0.390. The molecule has 1 aliphatic carbocycles. The van der Waals surface area contributed by atoms with Gasteiger partial charge in [-0.2, -0.15) is 0 Å². The second kappa shape index (κ2) is 7.14. The summed E-state index contributed by atoms with van der Waals surface area (Å²) >= 11 is 5.98. The Labute approximate surface area is 146 Å². The van der Waals surface area contributed by atoms with Crippen molar-refractivity contribution in [1.82, 2.24) is 0 Å². The maximum atomic E-state index is 11.2. The highest BCUT2D eigenvalue weighted by molar-refractivity contribution is 6.30. The van der Waals surface area contributed by atoms with E-state index < -0.39 is 5.97 Å². The first-order valence-electron chi connectivity index (χ1n) is 7.92. The van der Waals surface area contributed by atoms with E-state index in [1.54, 1.807) is 13.2 Å². The summed E-state index contributed by atoms with van der Waals surface area (Å²) in [4.78, 5) is 11.2. The van der Waals surface area contributed by atoms with Gasteiger partial charge in [0.05, 0.1) is 12.7 Å². The zero-order valence-electron chi connectivity index (χ0n) is 13.4. The molecular weight excluding hydrogens is 328 g/mol. The maximum Gasteiger partial charge on any atom is 0.335 e. The number of carboxylic acid groups (broad SMARTS) is 1. The van der Waals surface area contributed by atoms with Crippen molar-refractivity contribution in [3.8, 4) is 11.5 Å². The predicted octanol–water partition coefficient (Wildman–Crippen LogP) is 4.97. The number of rotatable bonds is 6. The van der Waals surface area contributed by atoms with E-state index in [4.69, 9.17) is 21.1 Å². The zero-order valence-corrected chi connectivity index (χ0v) is 14.1. The van der Waals surface area contributed by atoms with E-state index in [-0.39, 0.29) is 11.7 Å². The van der Waals surface area contributed by atoms with E-state index in [9.17, 15) is 9.90 Å². The molecule has 0 spiro atoms. The molecule has 2 aromatic carbocycles. The molecule has 1 N–H and O–H groups in total. The molecule has 1 unspecified atom stereocenters. The maximum absolute atomic E-state index is 11.2. The zero-order chi connectivity index (χ0) is 17.1. The molecule has 0 amide bonds.